The maximum absolute atomic E-state index is 6.66. The van der Waals surface area contributed by atoms with Crippen LogP contribution in [0.15, 0.2) is 152 Å². The van der Waals surface area contributed by atoms with Crippen LogP contribution >= 0.6 is 0 Å². The highest BCUT2D eigenvalue weighted by atomic mass is 16.5. The molecule has 0 spiro atoms. The summed E-state index contributed by atoms with van der Waals surface area (Å²) in [5.41, 5.74) is 9.28. The summed E-state index contributed by atoms with van der Waals surface area (Å²) in [6.45, 7) is 2.04. The van der Waals surface area contributed by atoms with Crippen LogP contribution in [0.2, 0.25) is 0 Å². The number of nitrogens with zero attached hydrogens (tertiary/aromatic N) is 4. The molecule has 48 heavy (non-hydrogen) atoms. The molecule has 0 saturated heterocycles. The van der Waals surface area contributed by atoms with E-state index in [0.717, 1.165) is 89.0 Å². The monoisotopic (exact) mass is 616 g/mol. The molecule has 4 aromatic heterocycles. The van der Waals surface area contributed by atoms with Crippen molar-refractivity contribution in [2.75, 3.05) is 0 Å². The lowest BCUT2D eigenvalue weighted by molar-refractivity contribution is 0.484. The number of rotatable bonds is 4. The van der Waals surface area contributed by atoms with Crippen LogP contribution in [0.4, 0.5) is 0 Å². The Labute approximate surface area is 275 Å². The molecule has 0 fully saturated rings. The molecule has 0 aliphatic rings. The molecule has 0 saturated carbocycles. The maximum atomic E-state index is 6.66. The Bertz CT molecular complexity index is 2870. The molecule has 5 nitrogen and oxygen atoms in total. The number of ether oxygens (including phenoxy) is 1. The van der Waals surface area contributed by atoms with E-state index in [0.29, 0.717) is 0 Å². The summed E-state index contributed by atoms with van der Waals surface area (Å²) in [5, 5.41) is 6.73. The molecule has 0 N–H and O–H groups in total. The Morgan fingerprint density at radius 1 is 0.479 bits per heavy atom. The zero-order valence-corrected chi connectivity index (χ0v) is 26.1. The number of hydrogen-bond donors (Lipinski definition) is 0. The Balaban J connectivity index is 1.20. The van der Waals surface area contributed by atoms with Crippen molar-refractivity contribution >= 4 is 54.6 Å². The first kappa shape index (κ1) is 26.7. The molecule has 0 radical (unpaired) electrons. The van der Waals surface area contributed by atoms with Crippen LogP contribution in [0.3, 0.4) is 0 Å². The number of benzene rings is 6. The van der Waals surface area contributed by atoms with Crippen molar-refractivity contribution in [3.8, 4) is 34.0 Å². The van der Waals surface area contributed by atoms with E-state index in [1.54, 1.807) is 0 Å². The lowest BCUT2D eigenvalue weighted by atomic mass is 10.0. The van der Waals surface area contributed by atoms with Gasteiger partial charge in [0.15, 0.2) is 0 Å². The molecule has 0 aliphatic heterocycles. The molecular formula is C43H28N4O. The fourth-order valence-electron chi connectivity index (χ4n) is 7.32. The average molecular weight is 617 g/mol. The average Bonchev–Trinajstić information content (AvgIpc) is 3.75. The van der Waals surface area contributed by atoms with Gasteiger partial charge in [-0.05, 0) is 66.2 Å². The lowest BCUT2D eigenvalue weighted by Gasteiger charge is -2.13. The van der Waals surface area contributed by atoms with Gasteiger partial charge in [0.1, 0.15) is 22.8 Å². The molecule has 0 aliphatic carbocycles. The fraction of sp³-hybridized carbons (Fsp3) is 0.0233. The van der Waals surface area contributed by atoms with Gasteiger partial charge in [-0.15, -0.1) is 0 Å². The first-order valence-corrected chi connectivity index (χ1v) is 16.2. The topological polar surface area (TPSA) is 43.8 Å². The Hall–Kier alpha value is -6.46. The molecule has 226 valence electrons. The van der Waals surface area contributed by atoms with Crippen molar-refractivity contribution in [1.82, 2.24) is 18.8 Å². The van der Waals surface area contributed by atoms with Gasteiger partial charge in [0.25, 0.3) is 0 Å². The van der Waals surface area contributed by atoms with Gasteiger partial charge in [-0.1, -0.05) is 97.1 Å². The molecule has 0 amide bonds. The molecule has 0 atom stereocenters. The van der Waals surface area contributed by atoms with Crippen molar-refractivity contribution < 1.29 is 4.74 Å². The van der Waals surface area contributed by atoms with Gasteiger partial charge in [-0.2, -0.15) is 0 Å². The van der Waals surface area contributed by atoms with E-state index in [9.17, 15) is 0 Å². The van der Waals surface area contributed by atoms with Gasteiger partial charge >= 0.3 is 0 Å². The second-order valence-electron chi connectivity index (χ2n) is 12.3. The molecule has 10 rings (SSSR count). The summed E-state index contributed by atoms with van der Waals surface area (Å²) < 4.78 is 11.2. The second kappa shape index (κ2) is 10.3. The van der Waals surface area contributed by atoms with Gasteiger partial charge in [0, 0.05) is 38.9 Å². The number of fused-ring (bicyclic) bond motifs is 12. The van der Waals surface area contributed by atoms with Gasteiger partial charge in [-0.25, -0.2) is 9.97 Å². The van der Waals surface area contributed by atoms with E-state index in [-0.39, 0.29) is 0 Å². The SMILES string of the molecule is Cc1cn2c3ccccc3c3ccc(Oc4ccc5c6ccccc6n6c(-c7ccccc7)c(-c7ccccc7)nc6c5c4)cc3c2n1. The summed E-state index contributed by atoms with van der Waals surface area (Å²) in [4.78, 5) is 10.3. The molecule has 0 bridgehead atoms. The normalized spacial score (nSPS) is 11.9. The summed E-state index contributed by atoms with van der Waals surface area (Å²) in [5.74, 6) is 1.51. The van der Waals surface area contributed by atoms with Crippen LogP contribution in [0.1, 0.15) is 5.69 Å². The van der Waals surface area contributed by atoms with Crippen LogP contribution in [0, 0.1) is 6.92 Å². The highest BCUT2D eigenvalue weighted by molar-refractivity contribution is 6.14. The highest BCUT2D eigenvalue weighted by Gasteiger charge is 2.21. The predicted molar refractivity (Wildman–Crippen MR) is 196 cm³/mol. The highest BCUT2D eigenvalue weighted by Crippen LogP contribution is 2.41. The van der Waals surface area contributed by atoms with Crippen molar-refractivity contribution in [3.05, 3.63) is 157 Å². The van der Waals surface area contributed by atoms with Gasteiger partial charge in [0.2, 0.25) is 0 Å². The summed E-state index contributed by atoms with van der Waals surface area (Å²) in [6, 6.07) is 50.7. The van der Waals surface area contributed by atoms with Crippen LogP contribution in [-0.4, -0.2) is 18.8 Å². The first-order valence-electron chi connectivity index (χ1n) is 16.2. The third-order valence-corrected chi connectivity index (χ3v) is 9.39. The molecule has 6 aromatic carbocycles. The molecule has 4 heterocycles. The summed E-state index contributed by atoms with van der Waals surface area (Å²) in [7, 11) is 0. The molecule has 10 aromatic rings. The lowest BCUT2D eigenvalue weighted by Crippen LogP contribution is -1.95. The molecule has 5 heteroatoms. The molecular weight excluding hydrogens is 589 g/mol. The summed E-state index contributed by atoms with van der Waals surface area (Å²) >= 11 is 0. The van der Waals surface area contributed by atoms with Crippen molar-refractivity contribution in [1.29, 1.82) is 0 Å². The largest absolute Gasteiger partial charge is 0.457 e. The van der Waals surface area contributed by atoms with Crippen molar-refractivity contribution in [3.63, 3.8) is 0 Å². The number of para-hydroxylation sites is 2. The van der Waals surface area contributed by atoms with Crippen LogP contribution in [0.25, 0.3) is 77.2 Å². The first-order chi connectivity index (χ1) is 23.7. The van der Waals surface area contributed by atoms with Crippen molar-refractivity contribution in [2.24, 2.45) is 0 Å². The van der Waals surface area contributed by atoms with E-state index in [2.05, 4.69) is 155 Å². The maximum Gasteiger partial charge on any atom is 0.146 e. The van der Waals surface area contributed by atoms with E-state index >= 15 is 0 Å². The summed E-state index contributed by atoms with van der Waals surface area (Å²) in [6.07, 6.45) is 2.10. The number of pyridine rings is 2. The number of aryl methyl sites for hydroxylation is 1. The predicted octanol–water partition coefficient (Wildman–Crippen LogP) is 11.0. The second-order valence-corrected chi connectivity index (χ2v) is 12.3. The van der Waals surface area contributed by atoms with Gasteiger partial charge in [-0.3, -0.25) is 8.80 Å². The van der Waals surface area contributed by atoms with Crippen LogP contribution < -0.4 is 4.74 Å². The zero-order chi connectivity index (χ0) is 31.8. The standard InChI is InChI=1S/C43H28N4O/c1-27-26-46-38-18-10-8-16-34(38)32-22-20-30(24-36(32)42(46)44-27)48-31-21-23-33-35-17-9-11-19-39(35)47-41(29-14-6-3-7-15-29)40(28-12-4-2-5-13-28)45-43(47)37(33)25-31/h2-26H,1H3. The quantitative estimate of drug-likeness (QED) is 0.185. The van der Waals surface area contributed by atoms with E-state index in [1.165, 1.54) is 5.39 Å². The van der Waals surface area contributed by atoms with Crippen LogP contribution in [-0.2, 0) is 0 Å². The smallest absolute Gasteiger partial charge is 0.146 e. The third-order valence-electron chi connectivity index (χ3n) is 9.39. The third kappa shape index (κ3) is 3.98. The zero-order valence-electron chi connectivity index (χ0n) is 26.1. The van der Waals surface area contributed by atoms with E-state index in [4.69, 9.17) is 14.7 Å². The minimum atomic E-state index is 0.751. The van der Waals surface area contributed by atoms with Crippen LogP contribution in [0.5, 0.6) is 11.5 Å². The van der Waals surface area contributed by atoms with Gasteiger partial charge < -0.3 is 4.74 Å². The Morgan fingerprint density at radius 2 is 1.04 bits per heavy atom. The van der Waals surface area contributed by atoms with Gasteiger partial charge in [0.05, 0.1) is 28.1 Å². The number of hydrogen-bond acceptors (Lipinski definition) is 3. The number of imidazole rings is 2. The molecule has 0 unspecified atom stereocenters. The minimum Gasteiger partial charge on any atom is -0.457 e. The fourth-order valence-corrected chi connectivity index (χ4v) is 7.32. The van der Waals surface area contributed by atoms with E-state index < -0.39 is 0 Å². The minimum absolute atomic E-state index is 0.751. The van der Waals surface area contributed by atoms with E-state index in [1.807, 2.05) is 13.0 Å². The Morgan fingerprint density at radius 3 is 1.73 bits per heavy atom. The number of aromatic nitrogens is 4. The Kier molecular flexibility index (Phi) is 5.72. The van der Waals surface area contributed by atoms with Crippen molar-refractivity contribution in [2.45, 2.75) is 6.92 Å².